The highest BCUT2D eigenvalue weighted by Crippen LogP contribution is 2.31. The molecule has 5 nitrogen and oxygen atoms in total. The molecule has 6 heteroatoms. The number of aromatic nitrogens is 2. The number of anilines is 1. The highest BCUT2D eigenvalue weighted by atomic mass is 32.1. The number of rotatable bonds is 8. The lowest BCUT2D eigenvalue weighted by molar-refractivity contribution is -0.131. The summed E-state index contributed by atoms with van der Waals surface area (Å²) >= 11 is 1.78. The molecule has 0 spiro atoms. The van der Waals surface area contributed by atoms with Crippen LogP contribution in [-0.2, 0) is 11.2 Å². The molecule has 2 aromatic heterocycles. The number of hydrogen-bond donors (Lipinski definition) is 0. The van der Waals surface area contributed by atoms with Crippen molar-refractivity contribution < 1.29 is 4.79 Å². The first kappa shape index (κ1) is 21.5. The minimum absolute atomic E-state index is 0.340. The van der Waals surface area contributed by atoms with E-state index in [9.17, 15) is 4.79 Å². The maximum atomic E-state index is 12.7. The molecule has 4 rings (SSSR count). The first-order chi connectivity index (χ1) is 14.7. The van der Waals surface area contributed by atoms with Gasteiger partial charge in [0.15, 0.2) is 0 Å². The van der Waals surface area contributed by atoms with E-state index in [4.69, 9.17) is 0 Å². The zero-order chi connectivity index (χ0) is 20.8. The van der Waals surface area contributed by atoms with E-state index in [0.717, 1.165) is 68.4 Å². The molecule has 3 heterocycles. The molecule has 164 valence electrons. The summed E-state index contributed by atoms with van der Waals surface area (Å²) in [7, 11) is 0. The summed E-state index contributed by atoms with van der Waals surface area (Å²) in [5.41, 5.74) is 0. The molecule has 1 saturated heterocycles. The molecule has 2 aromatic rings. The van der Waals surface area contributed by atoms with Gasteiger partial charge < -0.3 is 9.80 Å². The van der Waals surface area contributed by atoms with Gasteiger partial charge in [-0.15, -0.1) is 11.3 Å². The Kier molecular flexibility index (Phi) is 7.58. The lowest BCUT2D eigenvalue weighted by atomic mass is 9.85. The Morgan fingerprint density at radius 1 is 1.10 bits per heavy atom. The Morgan fingerprint density at radius 3 is 2.67 bits per heavy atom. The zero-order valence-electron chi connectivity index (χ0n) is 18.4. The summed E-state index contributed by atoms with van der Waals surface area (Å²) in [5, 5.41) is 1.17. The van der Waals surface area contributed by atoms with Gasteiger partial charge in [0.1, 0.15) is 17.0 Å². The molecular formula is C24H36N4OS. The molecule has 1 aliphatic heterocycles. The maximum absolute atomic E-state index is 12.7. The van der Waals surface area contributed by atoms with Crippen molar-refractivity contribution >= 4 is 33.3 Å². The number of unbranched alkanes of at least 4 members (excludes halogenated alkanes) is 1. The number of nitrogens with zero attached hydrogens (tertiary/aromatic N) is 4. The second-order valence-electron chi connectivity index (χ2n) is 9.00. The minimum Gasteiger partial charge on any atom is -0.352 e. The van der Waals surface area contributed by atoms with Gasteiger partial charge in [0.05, 0.1) is 5.39 Å². The van der Waals surface area contributed by atoms with Crippen LogP contribution in [0.1, 0.15) is 76.0 Å². The quantitative estimate of drug-likeness (QED) is 0.526. The van der Waals surface area contributed by atoms with Crippen LogP contribution in [0, 0.1) is 5.92 Å². The van der Waals surface area contributed by atoms with Gasteiger partial charge >= 0.3 is 0 Å². The topological polar surface area (TPSA) is 49.3 Å². The number of hydrogen-bond acceptors (Lipinski definition) is 5. The molecule has 2 fully saturated rings. The fraction of sp³-hybridized carbons (Fsp3) is 0.708. The van der Waals surface area contributed by atoms with Crippen molar-refractivity contribution in [3.63, 3.8) is 0 Å². The van der Waals surface area contributed by atoms with E-state index in [-0.39, 0.29) is 0 Å². The van der Waals surface area contributed by atoms with Crippen molar-refractivity contribution in [1.29, 1.82) is 0 Å². The third kappa shape index (κ3) is 5.32. The average molecular weight is 429 g/mol. The van der Waals surface area contributed by atoms with Crippen LogP contribution < -0.4 is 4.90 Å². The molecule has 0 radical (unpaired) electrons. The molecule has 0 N–H and O–H groups in total. The number of carbonyl (C=O) groups excluding carboxylic acids is 1. The van der Waals surface area contributed by atoms with Gasteiger partial charge in [-0.25, -0.2) is 9.97 Å². The molecule has 1 saturated carbocycles. The number of amides is 1. The smallest absolute Gasteiger partial charge is 0.222 e. The van der Waals surface area contributed by atoms with Crippen LogP contribution in [0.3, 0.4) is 0 Å². The maximum Gasteiger partial charge on any atom is 0.222 e. The second kappa shape index (κ2) is 10.6. The summed E-state index contributed by atoms with van der Waals surface area (Å²) in [4.78, 5) is 28.6. The molecule has 1 amide bonds. The zero-order valence-corrected chi connectivity index (χ0v) is 19.3. The Morgan fingerprint density at radius 2 is 1.90 bits per heavy atom. The highest BCUT2D eigenvalue weighted by Gasteiger charge is 2.23. The van der Waals surface area contributed by atoms with Gasteiger partial charge in [-0.3, -0.25) is 4.79 Å². The molecule has 0 atom stereocenters. The lowest BCUT2D eigenvalue weighted by Gasteiger charge is -2.35. The second-order valence-corrected chi connectivity index (χ2v) is 10.1. The van der Waals surface area contributed by atoms with E-state index < -0.39 is 0 Å². The van der Waals surface area contributed by atoms with Crippen molar-refractivity contribution in [3.05, 3.63) is 17.3 Å². The van der Waals surface area contributed by atoms with Crippen molar-refractivity contribution in [3.8, 4) is 0 Å². The number of carbonyl (C=O) groups is 1. The van der Waals surface area contributed by atoms with Gasteiger partial charge in [0.2, 0.25) is 5.91 Å². The number of aryl methyl sites for hydroxylation is 1. The predicted molar refractivity (Wildman–Crippen MR) is 125 cm³/mol. The van der Waals surface area contributed by atoms with Crippen LogP contribution in [0.5, 0.6) is 0 Å². The monoisotopic (exact) mass is 428 g/mol. The van der Waals surface area contributed by atoms with Gasteiger partial charge in [-0.05, 0) is 24.8 Å². The number of piperazine rings is 1. The Labute approximate surface area is 184 Å². The molecule has 1 aliphatic carbocycles. The van der Waals surface area contributed by atoms with Crippen LogP contribution in [0.25, 0.3) is 10.2 Å². The summed E-state index contributed by atoms with van der Waals surface area (Å²) < 4.78 is 0. The van der Waals surface area contributed by atoms with E-state index in [1.54, 1.807) is 17.7 Å². The molecule has 0 bridgehead atoms. The predicted octanol–water partition coefficient (Wildman–Crippen LogP) is 5.43. The number of fused-ring (bicyclic) bond motifs is 1. The molecule has 2 aliphatic rings. The first-order valence-corrected chi connectivity index (χ1v) is 12.8. The molecular weight excluding hydrogens is 392 g/mol. The van der Waals surface area contributed by atoms with Gasteiger partial charge in [0, 0.05) is 37.5 Å². The van der Waals surface area contributed by atoms with E-state index in [2.05, 4.69) is 32.8 Å². The van der Waals surface area contributed by atoms with Crippen LogP contribution in [0.4, 0.5) is 5.82 Å². The Bertz CT molecular complexity index is 822. The van der Waals surface area contributed by atoms with Crippen molar-refractivity contribution in [2.24, 2.45) is 5.92 Å². The van der Waals surface area contributed by atoms with Crippen molar-refractivity contribution in [2.45, 2.75) is 77.6 Å². The SMILES string of the molecule is CCCc1cc2c(N3CCN(C(=O)CCCCC4CCCCC4)CC3)ncnc2s1. The summed E-state index contributed by atoms with van der Waals surface area (Å²) in [6.45, 7) is 5.54. The van der Waals surface area contributed by atoms with E-state index in [1.165, 1.54) is 55.2 Å². The van der Waals surface area contributed by atoms with Crippen molar-refractivity contribution in [2.75, 3.05) is 31.1 Å². The fourth-order valence-corrected chi connectivity index (χ4v) is 6.12. The molecule has 0 unspecified atom stereocenters. The normalized spacial score (nSPS) is 18.3. The Balaban J connectivity index is 1.24. The van der Waals surface area contributed by atoms with Crippen LogP contribution in [0.2, 0.25) is 0 Å². The first-order valence-electron chi connectivity index (χ1n) is 12.0. The fourth-order valence-electron chi connectivity index (χ4n) is 5.03. The Hall–Kier alpha value is -1.69. The summed E-state index contributed by atoms with van der Waals surface area (Å²) in [6.07, 6.45) is 15.3. The molecule has 30 heavy (non-hydrogen) atoms. The standard InChI is InChI=1S/C24H36N4OS/c1-2-8-20-17-21-23(25-18-26-24(21)30-20)28-15-13-27(14-16-28)22(29)12-7-6-11-19-9-4-3-5-10-19/h17-19H,2-16H2,1H3. The van der Waals surface area contributed by atoms with E-state index in [1.807, 2.05) is 0 Å². The number of thiophene rings is 1. The highest BCUT2D eigenvalue weighted by molar-refractivity contribution is 7.18. The van der Waals surface area contributed by atoms with Crippen LogP contribution in [-0.4, -0.2) is 47.0 Å². The van der Waals surface area contributed by atoms with E-state index >= 15 is 0 Å². The minimum atomic E-state index is 0.340. The average Bonchev–Trinajstić information content (AvgIpc) is 3.20. The molecule has 0 aromatic carbocycles. The largest absolute Gasteiger partial charge is 0.352 e. The van der Waals surface area contributed by atoms with E-state index in [0.29, 0.717) is 5.91 Å². The lowest BCUT2D eigenvalue weighted by Crippen LogP contribution is -2.49. The van der Waals surface area contributed by atoms with Crippen LogP contribution in [0.15, 0.2) is 12.4 Å². The van der Waals surface area contributed by atoms with Gasteiger partial charge in [-0.1, -0.05) is 58.3 Å². The third-order valence-corrected chi connectivity index (χ3v) is 7.87. The third-order valence-electron chi connectivity index (χ3n) is 6.77. The van der Waals surface area contributed by atoms with Crippen LogP contribution >= 0.6 is 11.3 Å². The van der Waals surface area contributed by atoms with Gasteiger partial charge in [-0.2, -0.15) is 0 Å². The van der Waals surface area contributed by atoms with Crippen molar-refractivity contribution in [1.82, 2.24) is 14.9 Å². The summed E-state index contributed by atoms with van der Waals surface area (Å²) in [5.74, 6) is 2.31. The van der Waals surface area contributed by atoms with Gasteiger partial charge in [0.25, 0.3) is 0 Å². The summed E-state index contributed by atoms with van der Waals surface area (Å²) in [6, 6.07) is 2.27.